The van der Waals surface area contributed by atoms with Crippen molar-refractivity contribution in [3.05, 3.63) is 35.5 Å². The third-order valence-corrected chi connectivity index (χ3v) is 5.00. The number of morpholine rings is 1. The van der Waals surface area contributed by atoms with E-state index in [1.54, 1.807) is 0 Å². The number of hydrogen-bond donors (Lipinski definition) is 3. The molecule has 1 fully saturated rings. The molecule has 6 nitrogen and oxygen atoms in total. The molecule has 0 amide bonds. The van der Waals surface area contributed by atoms with Gasteiger partial charge in [0.1, 0.15) is 0 Å². The Morgan fingerprint density at radius 2 is 1.96 bits per heavy atom. The van der Waals surface area contributed by atoms with Gasteiger partial charge >= 0.3 is 0 Å². The molecule has 1 aromatic carbocycles. The number of aryl methyl sites for hydroxylation is 1. The highest BCUT2D eigenvalue weighted by molar-refractivity contribution is 14.0. The van der Waals surface area contributed by atoms with E-state index in [0.717, 1.165) is 64.7 Å². The molecule has 7 heteroatoms. The summed E-state index contributed by atoms with van der Waals surface area (Å²) in [5.74, 6) is 0.868. The van der Waals surface area contributed by atoms with Gasteiger partial charge < -0.3 is 20.4 Å². The molecule has 0 radical (unpaired) electrons. The van der Waals surface area contributed by atoms with Crippen LogP contribution in [0.2, 0.25) is 0 Å². The minimum absolute atomic E-state index is 0. The largest absolute Gasteiger partial charge is 0.379 e. The first-order valence-corrected chi connectivity index (χ1v) is 9.64. The number of hydrogen-bond acceptors (Lipinski definition) is 3. The standard InChI is InChI=1S/C20H31N5O.HI/c1-3-16-5-4-6-18-17(15-24-19(16)18)7-8-22-20(21-2)23-9-10-25-11-13-26-14-12-25;/h4-6,15,24H,3,7-14H2,1-2H3,(H2,21,22,23);1H. The number of halogens is 1. The quantitative estimate of drug-likeness (QED) is 0.320. The number of rotatable bonds is 7. The highest BCUT2D eigenvalue weighted by Crippen LogP contribution is 2.22. The van der Waals surface area contributed by atoms with E-state index in [0.29, 0.717) is 0 Å². The molecule has 1 saturated heterocycles. The van der Waals surface area contributed by atoms with Crippen molar-refractivity contribution in [3.63, 3.8) is 0 Å². The van der Waals surface area contributed by atoms with Gasteiger partial charge in [0, 0.05) is 56.9 Å². The molecule has 3 N–H and O–H groups in total. The van der Waals surface area contributed by atoms with Gasteiger partial charge in [-0.25, -0.2) is 0 Å². The van der Waals surface area contributed by atoms with Gasteiger partial charge in [-0.15, -0.1) is 24.0 Å². The number of H-pyrrole nitrogens is 1. The summed E-state index contributed by atoms with van der Waals surface area (Å²) in [5.41, 5.74) is 4.01. The van der Waals surface area contributed by atoms with E-state index in [2.05, 4.69) is 56.8 Å². The summed E-state index contributed by atoms with van der Waals surface area (Å²) in [4.78, 5) is 10.2. The summed E-state index contributed by atoms with van der Waals surface area (Å²) < 4.78 is 5.38. The zero-order valence-corrected chi connectivity index (χ0v) is 18.7. The number of aliphatic imine (C=N–C) groups is 1. The zero-order chi connectivity index (χ0) is 18.2. The second-order valence-electron chi connectivity index (χ2n) is 6.64. The Hall–Kier alpha value is -1.32. The number of aromatic amines is 1. The Labute approximate surface area is 179 Å². The molecule has 0 bridgehead atoms. The minimum Gasteiger partial charge on any atom is -0.379 e. The number of benzene rings is 1. The van der Waals surface area contributed by atoms with Gasteiger partial charge in [-0.05, 0) is 24.0 Å². The number of nitrogens with one attached hydrogen (secondary N) is 3. The van der Waals surface area contributed by atoms with Gasteiger partial charge in [-0.1, -0.05) is 25.1 Å². The molecule has 150 valence electrons. The lowest BCUT2D eigenvalue weighted by atomic mass is 10.1. The van der Waals surface area contributed by atoms with E-state index in [9.17, 15) is 0 Å². The normalized spacial score (nSPS) is 15.6. The lowest BCUT2D eigenvalue weighted by molar-refractivity contribution is 0.0389. The Balaban J connectivity index is 0.00000261. The fourth-order valence-electron chi connectivity index (χ4n) is 3.47. The van der Waals surface area contributed by atoms with E-state index in [1.807, 2.05) is 7.05 Å². The first kappa shape index (κ1) is 22.0. The van der Waals surface area contributed by atoms with Crippen molar-refractivity contribution in [2.24, 2.45) is 4.99 Å². The Morgan fingerprint density at radius 1 is 1.19 bits per heavy atom. The van der Waals surface area contributed by atoms with E-state index in [1.165, 1.54) is 22.0 Å². The van der Waals surface area contributed by atoms with Gasteiger partial charge in [0.2, 0.25) is 0 Å². The molecule has 0 unspecified atom stereocenters. The maximum Gasteiger partial charge on any atom is 0.191 e. The zero-order valence-electron chi connectivity index (χ0n) is 16.4. The molecule has 0 aliphatic carbocycles. The fourth-order valence-corrected chi connectivity index (χ4v) is 3.47. The number of aromatic nitrogens is 1. The van der Waals surface area contributed by atoms with Gasteiger partial charge in [0.05, 0.1) is 13.2 Å². The average Bonchev–Trinajstić information content (AvgIpc) is 3.11. The molecule has 0 saturated carbocycles. The van der Waals surface area contributed by atoms with Crippen LogP contribution in [0.3, 0.4) is 0 Å². The van der Waals surface area contributed by atoms with E-state index >= 15 is 0 Å². The summed E-state index contributed by atoms with van der Waals surface area (Å²) in [5, 5.41) is 8.16. The number of guanidine groups is 1. The summed E-state index contributed by atoms with van der Waals surface area (Å²) >= 11 is 0. The molecule has 1 aliphatic rings. The Bertz CT molecular complexity index is 724. The second-order valence-corrected chi connectivity index (χ2v) is 6.64. The lowest BCUT2D eigenvalue weighted by Crippen LogP contribution is -2.44. The second kappa shape index (κ2) is 11.5. The molecule has 27 heavy (non-hydrogen) atoms. The van der Waals surface area contributed by atoms with E-state index in [-0.39, 0.29) is 24.0 Å². The van der Waals surface area contributed by atoms with Crippen LogP contribution in [-0.4, -0.2) is 68.8 Å². The Morgan fingerprint density at radius 3 is 2.70 bits per heavy atom. The summed E-state index contributed by atoms with van der Waals surface area (Å²) in [6.07, 6.45) is 4.16. The third kappa shape index (κ3) is 6.08. The SMILES string of the molecule is CCc1cccc2c(CCNC(=NC)NCCN3CCOCC3)c[nH]c12.I. The van der Waals surface area contributed by atoms with Gasteiger partial charge in [-0.2, -0.15) is 0 Å². The smallest absolute Gasteiger partial charge is 0.191 e. The maximum absolute atomic E-state index is 5.38. The summed E-state index contributed by atoms with van der Waals surface area (Å²) in [7, 11) is 1.82. The molecule has 3 rings (SSSR count). The molecule has 1 aliphatic heterocycles. The van der Waals surface area contributed by atoms with Crippen molar-refractivity contribution in [3.8, 4) is 0 Å². The van der Waals surface area contributed by atoms with Crippen LogP contribution in [0.15, 0.2) is 29.4 Å². The summed E-state index contributed by atoms with van der Waals surface area (Å²) in [6.45, 7) is 8.71. The highest BCUT2D eigenvalue weighted by Gasteiger charge is 2.10. The van der Waals surface area contributed by atoms with Crippen LogP contribution >= 0.6 is 24.0 Å². The van der Waals surface area contributed by atoms with Gasteiger partial charge in [0.15, 0.2) is 5.96 Å². The predicted molar refractivity (Wildman–Crippen MR) is 123 cm³/mol. The van der Waals surface area contributed by atoms with Crippen LogP contribution in [0.25, 0.3) is 10.9 Å². The fraction of sp³-hybridized carbons (Fsp3) is 0.550. The van der Waals surface area contributed by atoms with E-state index in [4.69, 9.17) is 4.74 Å². The Kier molecular flexibility index (Phi) is 9.36. The maximum atomic E-state index is 5.38. The van der Waals surface area contributed by atoms with Crippen LogP contribution in [0.5, 0.6) is 0 Å². The van der Waals surface area contributed by atoms with Gasteiger partial charge in [0.25, 0.3) is 0 Å². The number of nitrogens with zero attached hydrogens (tertiary/aromatic N) is 2. The van der Waals surface area contributed by atoms with Crippen LogP contribution < -0.4 is 10.6 Å². The third-order valence-electron chi connectivity index (χ3n) is 5.00. The van der Waals surface area contributed by atoms with Crippen molar-refractivity contribution in [1.82, 2.24) is 20.5 Å². The van der Waals surface area contributed by atoms with Crippen LogP contribution in [0, 0.1) is 0 Å². The van der Waals surface area contributed by atoms with Crippen molar-refractivity contribution in [2.75, 3.05) is 53.0 Å². The molecule has 1 aromatic heterocycles. The van der Waals surface area contributed by atoms with E-state index < -0.39 is 0 Å². The lowest BCUT2D eigenvalue weighted by Gasteiger charge is -2.26. The molecule has 0 spiro atoms. The van der Waals surface area contributed by atoms with Gasteiger partial charge in [-0.3, -0.25) is 9.89 Å². The van der Waals surface area contributed by atoms with Crippen LogP contribution in [0.4, 0.5) is 0 Å². The average molecular weight is 485 g/mol. The molecule has 2 heterocycles. The first-order valence-electron chi connectivity index (χ1n) is 9.64. The number of para-hydroxylation sites is 1. The first-order chi connectivity index (χ1) is 12.8. The predicted octanol–water partition coefficient (Wildman–Crippen LogP) is 2.39. The monoisotopic (exact) mass is 485 g/mol. The van der Waals surface area contributed by atoms with Crippen LogP contribution in [0.1, 0.15) is 18.1 Å². The van der Waals surface area contributed by atoms with Crippen molar-refractivity contribution in [2.45, 2.75) is 19.8 Å². The topological polar surface area (TPSA) is 64.7 Å². The molecular weight excluding hydrogens is 453 g/mol. The minimum atomic E-state index is 0. The number of fused-ring (bicyclic) bond motifs is 1. The summed E-state index contributed by atoms with van der Waals surface area (Å²) in [6, 6.07) is 6.55. The molecular formula is C20H32IN5O. The molecule has 0 atom stereocenters. The van der Waals surface area contributed by atoms with Crippen molar-refractivity contribution >= 4 is 40.8 Å². The number of ether oxygens (including phenoxy) is 1. The molecule has 2 aromatic rings. The highest BCUT2D eigenvalue weighted by atomic mass is 127. The van der Waals surface area contributed by atoms with Crippen LogP contribution in [-0.2, 0) is 17.6 Å². The van der Waals surface area contributed by atoms with Crippen molar-refractivity contribution in [1.29, 1.82) is 0 Å². The van der Waals surface area contributed by atoms with Crippen molar-refractivity contribution < 1.29 is 4.74 Å².